The van der Waals surface area contributed by atoms with Crippen LogP contribution in [0.5, 0.6) is 0 Å². The van der Waals surface area contributed by atoms with E-state index < -0.39 is 0 Å². The Labute approximate surface area is 149 Å². The highest BCUT2D eigenvalue weighted by Crippen LogP contribution is 2.30. The fourth-order valence-corrected chi connectivity index (χ4v) is 3.51. The minimum Gasteiger partial charge on any atom is -0.336 e. The summed E-state index contributed by atoms with van der Waals surface area (Å²) in [5.74, 6) is 0. The van der Waals surface area contributed by atoms with Gasteiger partial charge in [0, 0.05) is 32.8 Å². The average molecular weight is 375 g/mol. The number of fused-ring (bicyclic) bond motifs is 3. The monoisotopic (exact) mass is 374 g/mol. The molecule has 0 aliphatic heterocycles. The summed E-state index contributed by atoms with van der Waals surface area (Å²) in [6, 6.07) is 25.5. The first-order chi connectivity index (χ1) is 11.8. The molecule has 0 spiro atoms. The normalized spacial score (nSPS) is 11.0. The molecule has 0 fully saturated rings. The second-order valence-corrected chi connectivity index (χ2v) is 6.83. The van der Waals surface area contributed by atoms with Gasteiger partial charge in [-0.25, -0.2) is 0 Å². The smallest absolute Gasteiger partial charge is 0.0669 e. The highest BCUT2D eigenvalue weighted by Gasteiger charge is 2.11. The van der Waals surface area contributed by atoms with Gasteiger partial charge in [0.25, 0.3) is 0 Å². The van der Waals surface area contributed by atoms with Crippen molar-refractivity contribution in [3.8, 4) is 6.07 Å². The van der Waals surface area contributed by atoms with Gasteiger partial charge in [0.2, 0.25) is 0 Å². The lowest BCUT2D eigenvalue weighted by atomic mass is 10.1. The van der Waals surface area contributed by atoms with Crippen molar-refractivity contribution in [2.45, 2.75) is 13.0 Å². The number of para-hydroxylation sites is 1. The number of aromatic nitrogens is 1. The Balaban J connectivity index is 1.92. The van der Waals surface area contributed by atoms with E-state index in [1.54, 1.807) is 0 Å². The number of hydrogen-bond acceptors (Lipinski definition) is 1. The molecule has 116 valence electrons. The van der Waals surface area contributed by atoms with Crippen molar-refractivity contribution in [2.24, 2.45) is 0 Å². The predicted molar refractivity (Wildman–Crippen MR) is 102 cm³/mol. The van der Waals surface area contributed by atoms with Crippen molar-refractivity contribution in [1.29, 1.82) is 5.26 Å². The highest BCUT2D eigenvalue weighted by atomic mass is 79.9. The molecular formula is C21H15BrN2. The quantitative estimate of drug-likeness (QED) is 0.453. The average Bonchev–Trinajstić information content (AvgIpc) is 2.91. The van der Waals surface area contributed by atoms with Crippen molar-refractivity contribution in [3.05, 3.63) is 82.3 Å². The Morgan fingerprint density at radius 1 is 0.833 bits per heavy atom. The molecule has 0 aliphatic carbocycles. The lowest BCUT2D eigenvalue weighted by molar-refractivity contribution is 0.868. The van der Waals surface area contributed by atoms with Crippen molar-refractivity contribution < 1.29 is 0 Å². The largest absolute Gasteiger partial charge is 0.336 e. The Bertz CT molecular complexity index is 1070. The predicted octanol–water partition coefficient (Wildman–Crippen LogP) is 5.67. The molecule has 0 aliphatic rings. The molecule has 0 amide bonds. The van der Waals surface area contributed by atoms with Gasteiger partial charge in [-0.15, -0.1) is 0 Å². The maximum Gasteiger partial charge on any atom is 0.0669 e. The number of rotatable bonds is 3. The topological polar surface area (TPSA) is 28.7 Å². The zero-order chi connectivity index (χ0) is 16.5. The van der Waals surface area contributed by atoms with Gasteiger partial charge in [-0.05, 0) is 41.5 Å². The first kappa shape index (κ1) is 15.0. The zero-order valence-corrected chi connectivity index (χ0v) is 14.6. The molecule has 0 N–H and O–H groups in total. The second kappa shape index (κ2) is 6.14. The van der Waals surface area contributed by atoms with E-state index in [-0.39, 0.29) is 0 Å². The minimum absolute atomic E-state index is 0.447. The van der Waals surface area contributed by atoms with Gasteiger partial charge in [-0.3, -0.25) is 0 Å². The Hall–Kier alpha value is -2.57. The van der Waals surface area contributed by atoms with Crippen LogP contribution in [0.2, 0.25) is 0 Å². The SMILES string of the molecule is N#CCc1ccc2c(c1)c1ccccc1n2Cc1ccc(Br)cc1. The molecule has 0 saturated carbocycles. The van der Waals surface area contributed by atoms with Gasteiger partial charge in [-0.2, -0.15) is 5.26 Å². The summed E-state index contributed by atoms with van der Waals surface area (Å²) in [5.41, 5.74) is 4.77. The fraction of sp³-hybridized carbons (Fsp3) is 0.0952. The summed E-state index contributed by atoms with van der Waals surface area (Å²) < 4.78 is 3.44. The van der Waals surface area contributed by atoms with Crippen LogP contribution in [0.25, 0.3) is 21.8 Å². The molecule has 0 saturated heterocycles. The van der Waals surface area contributed by atoms with E-state index in [9.17, 15) is 0 Å². The molecular weight excluding hydrogens is 360 g/mol. The molecule has 3 aromatic carbocycles. The van der Waals surface area contributed by atoms with Crippen molar-refractivity contribution in [1.82, 2.24) is 4.57 Å². The van der Waals surface area contributed by atoms with Crippen LogP contribution in [0.3, 0.4) is 0 Å². The summed E-state index contributed by atoms with van der Waals surface area (Å²) in [6.07, 6.45) is 0.447. The second-order valence-electron chi connectivity index (χ2n) is 5.92. The Morgan fingerprint density at radius 3 is 2.33 bits per heavy atom. The molecule has 4 rings (SSSR count). The van der Waals surface area contributed by atoms with Crippen molar-refractivity contribution >= 4 is 37.7 Å². The maximum absolute atomic E-state index is 8.97. The van der Waals surface area contributed by atoms with E-state index in [0.29, 0.717) is 6.42 Å². The van der Waals surface area contributed by atoms with Gasteiger partial charge < -0.3 is 4.57 Å². The Morgan fingerprint density at radius 2 is 1.54 bits per heavy atom. The molecule has 0 atom stereocenters. The third-order valence-corrected chi connectivity index (χ3v) is 4.90. The van der Waals surface area contributed by atoms with Crippen molar-refractivity contribution in [3.63, 3.8) is 0 Å². The van der Waals surface area contributed by atoms with Gasteiger partial charge in [0.05, 0.1) is 12.5 Å². The highest BCUT2D eigenvalue weighted by molar-refractivity contribution is 9.10. The molecule has 0 unspecified atom stereocenters. The van der Waals surface area contributed by atoms with E-state index in [4.69, 9.17) is 5.26 Å². The molecule has 4 aromatic rings. The lowest BCUT2D eigenvalue weighted by Gasteiger charge is -2.08. The van der Waals surface area contributed by atoms with E-state index in [1.165, 1.54) is 27.4 Å². The maximum atomic E-state index is 8.97. The fourth-order valence-electron chi connectivity index (χ4n) is 3.24. The van der Waals surface area contributed by atoms with Gasteiger partial charge in [0.15, 0.2) is 0 Å². The number of nitriles is 1. The summed E-state index contributed by atoms with van der Waals surface area (Å²) in [6.45, 7) is 0.828. The van der Waals surface area contributed by atoms with Gasteiger partial charge in [0.1, 0.15) is 0 Å². The van der Waals surface area contributed by atoms with Crippen molar-refractivity contribution in [2.75, 3.05) is 0 Å². The number of benzene rings is 3. The van der Waals surface area contributed by atoms with E-state index >= 15 is 0 Å². The third kappa shape index (κ3) is 2.60. The number of halogens is 1. The molecule has 0 bridgehead atoms. The number of hydrogen-bond donors (Lipinski definition) is 0. The van der Waals surface area contributed by atoms with Crippen LogP contribution in [0.15, 0.2) is 71.2 Å². The first-order valence-corrected chi connectivity index (χ1v) is 8.67. The van der Waals surface area contributed by atoms with Crippen LogP contribution in [0.4, 0.5) is 0 Å². The van der Waals surface area contributed by atoms with Crippen LogP contribution in [-0.2, 0) is 13.0 Å². The van der Waals surface area contributed by atoms with Crippen LogP contribution in [-0.4, -0.2) is 4.57 Å². The number of nitrogens with zero attached hydrogens (tertiary/aromatic N) is 2. The molecule has 1 heterocycles. The van der Waals surface area contributed by atoms with E-state index in [1.807, 2.05) is 0 Å². The summed E-state index contributed by atoms with van der Waals surface area (Å²) in [5, 5.41) is 11.4. The summed E-state index contributed by atoms with van der Waals surface area (Å²) in [4.78, 5) is 0. The molecule has 2 nitrogen and oxygen atoms in total. The van der Waals surface area contributed by atoms with Gasteiger partial charge in [-0.1, -0.05) is 52.3 Å². The van der Waals surface area contributed by atoms with E-state index in [2.05, 4.69) is 93.3 Å². The molecule has 1 aromatic heterocycles. The van der Waals surface area contributed by atoms with Crippen LogP contribution in [0.1, 0.15) is 11.1 Å². The first-order valence-electron chi connectivity index (χ1n) is 7.87. The zero-order valence-electron chi connectivity index (χ0n) is 13.0. The van der Waals surface area contributed by atoms with Gasteiger partial charge >= 0.3 is 0 Å². The standard InChI is InChI=1S/C21H15BrN2/c22-17-8-5-16(6-9-17)14-24-20-4-2-1-3-18(20)19-13-15(11-12-23)7-10-21(19)24/h1-10,13H,11,14H2. The van der Waals surface area contributed by atoms with Crippen LogP contribution in [0, 0.1) is 11.3 Å². The van der Waals surface area contributed by atoms with Crippen LogP contribution < -0.4 is 0 Å². The molecule has 24 heavy (non-hydrogen) atoms. The lowest BCUT2D eigenvalue weighted by Crippen LogP contribution is -1.99. The Kier molecular flexibility index (Phi) is 3.84. The summed E-state index contributed by atoms with van der Waals surface area (Å²) >= 11 is 3.49. The molecule has 0 radical (unpaired) electrons. The van der Waals surface area contributed by atoms with E-state index in [0.717, 1.165) is 16.6 Å². The third-order valence-electron chi connectivity index (χ3n) is 4.37. The molecule has 3 heteroatoms. The summed E-state index contributed by atoms with van der Waals surface area (Å²) in [7, 11) is 0. The minimum atomic E-state index is 0.447. The van der Waals surface area contributed by atoms with Crippen LogP contribution >= 0.6 is 15.9 Å².